The van der Waals surface area contributed by atoms with Crippen LogP contribution >= 0.6 is 11.8 Å². The Kier molecular flexibility index (Phi) is 6.05. The molecule has 1 atom stereocenters. The molecule has 0 aliphatic carbocycles. The largest absolute Gasteiger partial charge is 0.493 e. The number of aromatic amines is 1. The molecule has 3 rings (SSSR count). The Hall–Kier alpha value is -2.48. The van der Waals surface area contributed by atoms with Gasteiger partial charge < -0.3 is 19.8 Å². The Morgan fingerprint density at radius 1 is 1.26 bits per heavy atom. The Balaban J connectivity index is 2.04. The number of thioether (sulfide) groups is 1. The van der Waals surface area contributed by atoms with Crippen molar-refractivity contribution in [2.24, 2.45) is 0 Å². The summed E-state index contributed by atoms with van der Waals surface area (Å²) in [6, 6.07) is 5.48. The molecule has 0 saturated heterocycles. The number of methoxy groups -OCH3 is 1. The van der Waals surface area contributed by atoms with E-state index in [4.69, 9.17) is 9.47 Å². The molecular formula is C19H23N3O4S. The first-order chi connectivity index (χ1) is 13.1. The summed E-state index contributed by atoms with van der Waals surface area (Å²) in [6.07, 6.45) is 1.14. The maximum Gasteiger partial charge on any atom is 0.257 e. The van der Waals surface area contributed by atoms with E-state index >= 15 is 0 Å². The number of carbonyl (C=O) groups excluding carboxylic acids is 1. The summed E-state index contributed by atoms with van der Waals surface area (Å²) < 4.78 is 11.0. The van der Waals surface area contributed by atoms with Crippen molar-refractivity contribution in [3.05, 3.63) is 39.7 Å². The van der Waals surface area contributed by atoms with E-state index < -0.39 is 0 Å². The van der Waals surface area contributed by atoms with Crippen LogP contribution in [0.4, 0.5) is 5.82 Å². The van der Waals surface area contributed by atoms with Crippen LogP contribution in [-0.4, -0.2) is 35.3 Å². The number of nitrogens with one attached hydrogen (secondary N) is 2. The second-order valence-corrected chi connectivity index (χ2v) is 7.21. The number of anilines is 1. The first-order valence-corrected chi connectivity index (χ1v) is 9.93. The number of hydrogen-bond donors (Lipinski definition) is 2. The van der Waals surface area contributed by atoms with Gasteiger partial charge in [0.2, 0.25) is 5.91 Å². The highest BCUT2D eigenvalue weighted by Crippen LogP contribution is 2.38. The molecule has 0 radical (unpaired) electrons. The third-order valence-electron chi connectivity index (χ3n) is 4.26. The van der Waals surface area contributed by atoms with E-state index in [1.54, 1.807) is 13.2 Å². The molecule has 0 fully saturated rings. The van der Waals surface area contributed by atoms with Crippen LogP contribution in [0.3, 0.4) is 0 Å². The van der Waals surface area contributed by atoms with Gasteiger partial charge in [-0.05, 0) is 31.0 Å². The van der Waals surface area contributed by atoms with Crippen LogP contribution in [0, 0.1) is 0 Å². The van der Waals surface area contributed by atoms with E-state index in [1.807, 2.05) is 19.1 Å². The molecule has 1 aliphatic rings. The van der Waals surface area contributed by atoms with Gasteiger partial charge in [0, 0.05) is 18.1 Å². The molecule has 2 heterocycles. The van der Waals surface area contributed by atoms with Gasteiger partial charge in [-0.1, -0.05) is 24.8 Å². The highest BCUT2D eigenvalue weighted by atomic mass is 32.2. The van der Waals surface area contributed by atoms with Crippen LogP contribution in [0.2, 0.25) is 0 Å². The fraction of sp³-hybridized carbons (Fsp3) is 0.421. The number of rotatable bonds is 7. The van der Waals surface area contributed by atoms with Gasteiger partial charge in [-0.2, -0.15) is 0 Å². The van der Waals surface area contributed by atoms with Gasteiger partial charge in [0.1, 0.15) is 5.82 Å². The van der Waals surface area contributed by atoms with Gasteiger partial charge in [0.25, 0.3) is 5.56 Å². The predicted molar refractivity (Wildman–Crippen MR) is 105 cm³/mol. The van der Waals surface area contributed by atoms with Crippen LogP contribution in [-0.2, 0) is 4.79 Å². The second-order valence-electron chi connectivity index (χ2n) is 6.13. The molecule has 1 amide bonds. The molecule has 144 valence electrons. The molecule has 0 spiro atoms. The zero-order valence-electron chi connectivity index (χ0n) is 15.6. The number of nitrogens with zero attached hydrogens (tertiary/aromatic N) is 1. The van der Waals surface area contributed by atoms with Crippen molar-refractivity contribution >= 4 is 23.5 Å². The highest BCUT2D eigenvalue weighted by Gasteiger charge is 2.31. The van der Waals surface area contributed by atoms with E-state index in [1.165, 1.54) is 11.8 Å². The minimum absolute atomic E-state index is 0.162. The summed E-state index contributed by atoms with van der Waals surface area (Å²) in [6.45, 7) is 4.47. The molecule has 27 heavy (non-hydrogen) atoms. The zero-order valence-corrected chi connectivity index (χ0v) is 16.4. The van der Waals surface area contributed by atoms with Crippen molar-refractivity contribution in [2.45, 2.75) is 37.8 Å². The molecule has 1 aromatic heterocycles. The van der Waals surface area contributed by atoms with Crippen molar-refractivity contribution in [3.8, 4) is 11.5 Å². The SMILES string of the molecule is CCCSc1nc2c(c(=O)[nH]1)[C@H](c1ccc(OCC)c(OC)c1)CC(=O)N2. The third-order valence-corrected chi connectivity index (χ3v) is 5.34. The Labute approximate surface area is 161 Å². The summed E-state index contributed by atoms with van der Waals surface area (Å²) >= 11 is 1.46. The molecule has 0 saturated carbocycles. The minimum atomic E-state index is -0.389. The first-order valence-electron chi connectivity index (χ1n) is 8.94. The minimum Gasteiger partial charge on any atom is -0.493 e. The van der Waals surface area contributed by atoms with E-state index in [-0.39, 0.29) is 23.8 Å². The molecule has 2 N–H and O–H groups in total. The lowest BCUT2D eigenvalue weighted by atomic mass is 9.86. The van der Waals surface area contributed by atoms with Crippen LogP contribution in [0.1, 0.15) is 43.7 Å². The molecule has 0 bridgehead atoms. The van der Waals surface area contributed by atoms with E-state index in [0.29, 0.717) is 34.6 Å². The van der Waals surface area contributed by atoms with E-state index in [9.17, 15) is 9.59 Å². The van der Waals surface area contributed by atoms with Crippen LogP contribution in [0.25, 0.3) is 0 Å². The number of fused-ring (bicyclic) bond motifs is 1. The first kappa shape index (κ1) is 19.3. The Bertz CT molecular complexity index is 897. The van der Waals surface area contributed by atoms with Gasteiger partial charge in [-0.3, -0.25) is 9.59 Å². The lowest BCUT2D eigenvalue weighted by Crippen LogP contribution is -2.31. The van der Waals surface area contributed by atoms with Crippen LogP contribution < -0.4 is 20.3 Å². The highest BCUT2D eigenvalue weighted by molar-refractivity contribution is 7.99. The van der Waals surface area contributed by atoms with Gasteiger partial charge in [0.15, 0.2) is 16.7 Å². The van der Waals surface area contributed by atoms with Crippen LogP contribution in [0.15, 0.2) is 28.2 Å². The maximum atomic E-state index is 12.7. The predicted octanol–water partition coefficient (Wildman–Crippen LogP) is 3.15. The monoisotopic (exact) mass is 389 g/mol. The Morgan fingerprint density at radius 3 is 2.78 bits per heavy atom. The molecule has 2 aromatic rings. The number of carbonyl (C=O) groups is 1. The van der Waals surface area contributed by atoms with Crippen LogP contribution in [0.5, 0.6) is 11.5 Å². The third kappa shape index (κ3) is 4.10. The maximum absolute atomic E-state index is 12.7. The average Bonchev–Trinajstić information content (AvgIpc) is 2.66. The quantitative estimate of drug-likeness (QED) is 0.558. The van der Waals surface area contributed by atoms with Crippen molar-refractivity contribution in [3.63, 3.8) is 0 Å². The topological polar surface area (TPSA) is 93.3 Å². The molecular weight excluding hydrogens is 366 g/mol. The number of ether oxygens (including phenoxy) is 2. The van der Waals surface area contributed by atoms with Crippen molar-refractivity contribution < 1.29 is 14.3 Å². The molecule has 1 aliphatic heterocycles. The summed E-state index contributed by atoms with van der Waals surface area (Å²) in [7, 11) is 1.56. The number of benzene rings is 1. The second kappa shape index (κ2) is 8.47. The molecule has 0 unspecified atom stereocenters. The van der Waals surface area contributed by atoms with Crippen molar-refractivity contribution in [2.75, 3.05) is 24.8 Å². The number of H-pyrrole nitrogens is 1. The number of hydrogen-bond acceptors (Lipinski definition) is 6. The summed E-state index contributed by atoms with van der Waals surface area (Å²) in [5, 5.41) is 3.26. The fourth-order valence-electron chi connectivity index (χ4n) is 3.08. The van der Waals surface area contributed by atoms with E-state index in [2.05, 4.69) is 22.2 Å². The normalized spacial score (nSPS) is 15.8. The Morgan fingerprint density at radius 2 is 2.07 bits per heavy atom. The standard InChI is InChI=1S/C19H23N3O4S/c1-4-8-27-19-21-17-16(18(24)22-19)12(10-15(23)20-17)11-6-7-13(26-5-2)14(9-11)25-3/h6-7,9,12H,4-5,8,10H2,1-3H3,(H2,20,21,22,23,24)/t12-/m0/s1. The molecule has 7 nitrogen and oxygen atoms in total. The van der Waals surface area contributed by atoms with Gasteiger partial charge >= 0.3 is 0 Å². The van der Waals surface area contributed by atoms with Gasteiger partial charge in [-0.25, -0.2) is 4.98 Å². The van der Waals surface area contributed by atoms with Crippen molar-refractivity contribution in [1.29, 1.82) is 0 Å². The zero-order chi connectivity index (χ0) is 19.4. The number of amides is 1. The van der Waals surface area contributed by atoms with E-state index in [0.717, 1.165) is 17.7 Å². The number of aromatic nitrogens is 2. The summed E-state index contributed by atoms with van der Waals surface area (Å²) in [4.78, 5) is 32.3. The average molecular weight is 389 g/mol. The summed E-state index contributed by atoms with van der Waals surface area (Å²) in [5.74, 6) is 1.83. The summed E-state index contributed by atoms with van der Waals surface area (Å²) in [5.41, 5.74) is 1.06. The fourth-order valence-corrected chi connectivity index (χ4v) is 3.80. The van der Waals surface area contributed by atoms with Gasteiger partial charge in [0.05, 0.1) is 19.3 Å². The smallest absolute Gasteiger partial charge is 0.257 e. The molecule has 1 aromatic carbocycles. The van der Waals surface area contributed by atoms with Gasteiger partial charge in [-0.15, -0.1) is 0 Å². The molecule has 8 heteroatoms. The lowest BCUT2D eigenvalue weighted by molar-refractivity contribution is -0.116. The van der Waals surface area contributed by atoms with Crippen molar-refractivity contribution in [1.82, 2.24) is 9.97 Å². The lowest BCUT2D eigenvalue weighted by Gasteiger charge is -2.25.